The topological polar surface area (TPSA) is 68.0 Å². The van der Waals surface area contributed by atoms with E-state index in [1.165, 1.54) is 0 Å². The molecule has 1 N–H and O–H groups in total. The first-order valence-electron chi connectivity index (χ1n) is 6.91. The van der Waals surface area contributed by atoms with Crippen LogP contribution in [0.5, 0.6) is 0 Å². The van der Waals surface area contributed by atoms with E-state index >= 15 is 0 Å². The predicted molar refractivity (Wildman–Crippen MR) is 82.3 cm³/mol. The standard InChI is InChI=1S/C17H15N3O2/c1-12-11-18-16(17(21)22)10-14(12)9-13-3-5-15(6-4-13)20-8-2-7-19-20/h2-8,10-11H,9H2,1H3,(H,21,22). The molecule has 0 saturated carbocycles. The van der Waals surface area contributed by atoms with Crippen molar-refractivity contribution in [3.05, 3.63) is 77.4 Å². The molecule has 0 saturated heterocycles. The maximum atomic E-state index is 11.0. The molecule has 0 aliphatic rings. The fraction of sp³-hybridized carbons (Fsp3) is 0.118. The number of carboxylic acid groups (broad SMARTS) is 1. The summed E-state index contributed by atoms with van der Waals surface area (Å²) >= 11 is 0. The van der Waals surface area contributed by atoms with Gasteiger partial charge in [0.15, 0.2) is 0 Å². The van der Waals surface area contributed by atoms with Gasteiger partial charge in [0.05, 0.1) is 5.69 Å². The highest BCUT2D eigenvalue weighted by Crippen LogP contribution is 2.16. The molecule has 0 aliphatic heterocycles. The second-order valence-corrected chi connectivity index (χ2v) is 5.10. The summed E-state index contributed by atoms with van der Waals surface area (Å²) in [6.07, 6.45) is 5.91. The summed E-state index contributed by atoms with van der Waals surface area (Å²) in [7, 11) is 0. The van der Waals surface area contributed by atoms with Gasteiger partial charge in [0, 0.05) is 18.6 Å². The normalized spacial score (nSPS) is 10.6. The van der Waals surface area contributed by atoms with Gasteiger partial charge < -0.3 is 5.11 Å². The molecule has 0 atom stereocenters. The number of aromatic carboxylic acids is 1. The first-order chi connectivity index (χ1) is 10.6. The van der Waals surface area contributed by atoms with Gasteiger partial charge >= 0.3 is 5.97 Å². The average Bonchev–Trinajstić information content (AvgIpc) is 3.04. The summed E-state index contributed by atoms with van der Waals surface area (Å²) in [4.78, 5) is 14.9. The van der Waals surface area contributed by atoms with Crippen molar-refractivity contribution in [3.8, 4) is 5.69 Å². The van der Waals surface area contributed by atoms with Gasteiger partial charge in [0.1, 0.15) is 5.69 Å². The summed E-state index contributed by atoms with van der Waals surface area (Å²) in [6.45, 7) is 1.94. The van der Waals surface area contributed by atoms with Gasteiger partial charge in [-0.15, -0.1) is 0 Å². The van der Waals surface area contributed by atoms with Crippen LogP contribution in [0.3, 0.4) is 0 Å². The summed E-state index contributed by atoms with van der Waals surface area (Å²) in [6, 6.07) is 11.6. The summed E-state index contributed by atoms with van der Waals surface area (Å²) in [5.74, 6) is -1.00. The molecular formula is C17H15N3O2. The van der Waals surface area contributed by atoms with Crippen LogP contribution in [0, 0.1) is 6.92 Å². The minimum Gasteiger partial charge on any atom is -0.477 e. The van der Waals surface area contributed by atoms with Crippen LogP contribution in [0.4, 0.5) is 0 Å². The Morgan fingerprint density at radius 3 is 2.68 bits per heavy atom. The third-order valence-electron chi connectivity index (χ3n) is 3.53. The summed E-state index contributed by atoms with van der Waals surface area (Å²) in [5.41, 5.74) is 4.14. The van der Waals surface area contributed by atoms with E-state index in [0.717, 1.165) is 22.4 Å². The van der Waals surface area contributed by atoms with Gasteiger partial charge in [0.25, 0.3) is 0 Å². The molecule has 0 fully saturated rings. The van der Waals surface area contributed by atoms with Gasteiger partial charge in [-0.05, 0) is 54.3 Å². The molecule has 3 aromatic rings. The van der Waals surface area contributed by atoms with Gasteiger partial charge in [-0.25, -0.2) is 14.5 Å². The van der Waals surface area contributed by atoms with Crippen molar-refractivity contribution in [2.45, 2.75) is 13.3 Å². The molecule has 5 heteroatoms. The van der Waals surface area contributed by atoms with E-state index in [2.05, 4.69) is 10.1 Å². The van der Waals surface area contributed by atoms with Crippen LogP contribution in [0.2, 0.25) is 0 Å². The van der Waals surface area contributed by atoms with Gasteiger partial charge in [-0.2, -0.15) is 5.10 Å². The number of aryl methyl sites for hydroxylation is 1. The monoisotopic (exact) mass is 293 g/mol. The number of pyridine rings is 1. The van der Waals surface area contributed by atoms with Crippen LogP contribution >= 0.6 is 0 Å². The first-order valence-corrected chi connectivity index (χ1v) is 6.91. The number of aromatic nitrogens is 3. The molecule has 0 amide bonds. The minimum atomic E-state index is -1.00. The highest BCUT2D eigenvalue weighted by molar-refractivity contribution is 5.85. The highest BCUT2D eigenvalue weighted by atomic mass is 16.4. The van der Waals surface area contributed by atoms with E-state index in [9.17, 15) is 4.79 Å². The zero-order valence-electron chi connectivity index (χ0n) is 12.1. The molecule has 0 bridgehead atoms. The maximum Gasteiger partial charge on any atom is 0.354 e. The molecular weight excluding hydrogens is 278 g/mol. The van der Waals surface area contributed by atoms with E-state index in [1.54, 1.807) is 23.1 Å². The Kier molecular flexibility index (Phi) is 3.70. The van der Waals surface area contributed by atoms with Gasteiger partial charge in [-0.3, -0.25) is 0 Å². The van der Waals surface area contributed by atoms with Crippen molar-refractivity contribution in [2.24, 2.45) is 0 Å². The molecule has 1 aromatic carbocycles. The lowest BCUT2D eigenvalue weighted by molar-refractivity contribution is 0.0690. The lowest BCUT2D eigenvalue weighted by atomic mass is 10.0. The zero-order chi connectivity index (χ0) is 15.5. The molecule has 2 aromatic heterocycles. The molecule has 3 rings (SSSR count). The predicted octanol–water partition coefficient (Wildman–Crippen LogP) is 2.86. The van der Waals surface area contributed by atoms with E-state index in [1.807, 2.05) is 43.5 Å². The van der Waals surface area contributed by atoms with Crippen LogP contribution < -0.4 is 0 Å². The molecule has 2 heterocycles. The number of hydrogen-bond donors (Lipinski definition) is 1. The van der Waals surface area contributed by atoms with E-state index in [0.29, 0.717) is 6.42 Å². The fourth-order valence-corrected chi connectivity index (χ4v) is 2.28. The van der Waals surface area contributed by atoms with Gasteiger partial charge in [0.2, 0.25) is 0 Å². The number of benzene rings is 1. The first kappa shape index (κ1) is 14.0. The third-order valence-corrected chi connectivity index (χ3v) is 3.53. The van der Waals surface area contributed by atoms with E-state index in [4.69, 9.17) is 5.11 Å². The molecule has 0 spiro atoms. The Morgan fingerprint density at radius 2 is 2.05 bits per heavy atom. The largest absolute Gasteiger partial charge is 0.477 e. The third kappa shape index (κ3) is 2.88. The Bertz CT molecular complexity index is 793. The summed E-state index contributed by atoms with van der Waals surface area (Å²) < 4.78 is 1.80. The molecule has 0 unspecified atom stereocenters. The molecule has 0 radical (unpaired) electrons. The van der Waals surface area contributed by atoms with Crippen LogP contribution in [0.1, 0.15) is 27.2 Å². The zero-order valence-corrected chi connectivity index (χ0v) is 12.1. The highest BCUT2D eigenvalue weighted by Gasteiger charge is 2.08. The Morgan fingerprint density at radius 1 is 1.27 bits per heavy atom. The van der Waals surface area contributed by atoms with E-state index < -0.39 is 5.97 Å². The number of hydrogen-bond acceptors (Lipinski definition) is 3. The molecule has 5 nitrogen and oxygen atoms in total. The van der Waals surface area contributed by atoms with Crippen molar-refractivity contribution < 1.29 is 9.90 Å². The number of rotatable bonds is 4. The van der Waals surface area contributed by atoms with Crippen molar-refractivity contribution in [1.82, 2.24) is 14.8 Å². The second-order valence-electron chi connectivity index (χ2n) is 5.10. The van der Waals surface area contributed by atoms with E-state index in [-0.39, 0.29) is 5.69 Å². The molecule has 22 heavy (non-hydrogen) atoms. The Labute approximate surface area is 127 Å². The minimum absolute atomic E-state index is 0.0776. The maximum absolute atomic E-state index is 11.0. The average molecular weight is 293 g/mol. The van der Waals surface area contributed by atoms with Crippen LogP contribution in [-0.4, -0.2) is 25.8 Å². The van der Waals surface area contributed by atoms with Crippen LogP contribution in [0.25, 0.3) is 5.69 Å². The molecule has 0 aliphatic carbocycles. The fourth-order valence-electron chi connectivity index (χ4n) is 2.28. The molecule has 110 valence electrons. The Hall–Kier alpha value is -2.95. The number of nitrogens with zero attached hydrogens (tertiary/aromatic N) is 3. The summed E-state index contributed by atoms with van der Waals surface area (Å²) in [5, 5.41) is 13.2. The van der Waals surface area contributed by atoms with Crippen molar-refractivity contribution in [2.75, 3.05) is 0 Å². The lowest BCUT2D eigenvalue weighted by Gasteiger charge is -2.08. The van der Waals surface area contributed by atoms with Crippen molar-refractivity contribution >= 4 is 5.97 Å². The van der Waals surface area contributed by atoms with Crippen LogP contribution in [-0.2, 0) is 6.42 Å². The van der Waals surface area contributed by atoms with Crippen molar-refractivity contribution in [3.63, 3.8) is 0 Å². The quantitative estimate of drug-likeness (QED) is 0.803. The van der Waals surface area contributed by atoms with Crippen LogP contribution in [0.15, 0.2) is 55.0 Å². The van der Waals surface area contributed by atoms with Crippen molar-refractivity contribution in [1.29, 1.82) is 0 Å². The van der Waals surface area contributed by atoms with Gasteiger partial charge in [-0.1, -0.05) is 12.1 Å². The smallest absolute Gasteiger partial charge is 0.354 e. The Balaban J connectivity index is 1.84. The lowest BCUT2D eigenvalue weighted by Crippen LogP contribution is -2.03. The second kappa shape index (κ2) is 5.81. The SMILES string of the molecule is Cc1cnc(C(=O)O)cc1Cc1ccc(-n2cccn2)cc1. The number of carboxylic acids is 1. The number of carbonyl (C=O) groups is 1.